The molecule has 0 amide bonds. The Bertz CT molecular complexity index is 572. The second-order valence-electron chi connectivity index (χ2n) is 6.15. The summed E-state index contributed by atoms with van der Waals surface area (Å²) >= 11 is 0. The Morgan fingerprint density at radius 1 is 1.38 bits per heavy atom. The average Bonchev–Trinajstić information content (AvgIpc) is 3.16. The normalized spacial score (nSPS) is 25.1. The highest BCUT2D eigenvalue weighted by Crippen LogP contribution is 2.40. The third-order valence-corrected chi connectivity index (χ3v) is 5.76. The van der Waals surface area contributed by atoms with Crippen molar-refractivity contribution in [2.75, 3.05) is 19.3 Å². The Morgan fingerprint density at radius 2 is 2.19 bits per heavy atom. The Labute approximate surface area is 126 Å². The standard InChI is InChI=1S/C15H23N3O2S/c1-21(19,20)18-10-4-5-13(18)11-17-15(12-7-8-12)14-6-2-3-9-16-14/h2-3,6,9,12-13,15,17H,4-5,7-8,10-11H2,1H3/t13-,15?/m1/s1. The second kappa shape index (κ2) is 6.02. The number of nitrogens with one attached hydrogen (secondary N) is 1. The van der Waals surface area contributed by atoms with Gasteiger partial charge in [0.05, 0.1) is 18.0 Å². The van der Waals surface area contributed by atoms with E-state index in [0.717, 1.165) is 18.5 Å². The van der Waals surface area contributed by atoms with Crippen molar-refractivity contribution in [3.63, 3.8) is 0 Å². The smallest absolute Gasteiger partial charge is 0.211 e. The number of hydrogen-bond donors (Lipinski definition) is 1. The first kappa shape index (κ1) is 14.9. The molecule has 0 aromatic carbocycles. The van der Waals surface area contributed by atoms with Crippen LogP contribution in [0.2, 0.25) is 0 Å². The minimum Gasteiger partial charge on any atom is -0.307 e. The van der Waals surface area contributed by atoms with E-state index >= 15 is 0 Å². The quantitative estimate of drug-likeness (QED) is 0.866. The molecule has 2 aliphatic rings. The van der Waals surface area contributed by atoms with Crippen LogP contribution in [0.4, 0.5) is 0 Å². The van der Waals surface area contributed by atoms with Crippen LogP contribution in [0.3, 0.4) is 0 Å². The molecule has 1 saturated carbocycles. The van der Waals surface area contributed by atoms with E-state index < -0.39 is 10.0 Å². The van der Waals surface area contributed by atoms with E-state index in [1.54, 1.807) is 4.31 Å². The molecule has 1 aromatic heterocycles. The largest absolute Gasteiger partial charge is 0.307 e. The van der Waals surface area contributed by atoms with E-state index in [0.29, 0.717) is 19.0 Å². The molecule has 21 heavy (non-hydrogen) atoms. The number of rotatable bonds is 6. The molecule has 116 valence electrons. The van der Waals surface area contributed by atoms with Crippen LogP contribution >= 0.6 is 0 Å². The zero-order valence-corrected chi connectivity index (χ0v) is 13.2. The highest BCUT2D eigenvalue weighted by atomic mass is 32.2. The molecule has 1 aromatic rings. The van der Waals surface area contributed by atoms with Crippen LogP contribution in [0.25, 0.3) is 0 Å². The van der Waals surface area contributed by atoms with E-state index in [4.69, 9.17) is 0 Å². The Morgan fingerprint density at radius 3 is 2.81 bits per heavy atom. The van der Waals surface area contributed by atoms with Gasteiger partial charge in [0.2, 0.25) is 10.0 Å². The molecule has 1 aliphatic heterocycles. The Balaban J connectivity index is 1.65. The average molecular weight is 309 g/mol. The summed E-state index contributed by atoms with van der Waals surface area (Å²) in [5.74, 6) is 0.646. The number of aromatic nitrogens is 1. The lowest BCUT2D eigenvalue weighted by Gasteiger charge is -2.25. The van der Waals surface area contributed by atoms with Crippen molar-refractivity contribution in [3.05, 3.63) is 30.1 Å². The summed E-state index contributed by atoms with van der Waals surface area (Å²) in [5, 5.41) is 3.57. The molecule has 0 radical (unpaired) electrons. The van der Waals surface area contributed by atoms with Gasteiger partial charge < -0.3 is 5.32 Å². The Kier molecular flexibility index (Phi) is 4.28. The lowest BCUT2D eigenvalue weighted by atomic mass is 10.1. The van der Waals surface area contributed by atoms with Crippen molar-refractivity contribution in [2.45, 2.75) is 37.8 Å². The molecular formula is C15H23N3O2S. The minimum atomic E-state index is -3.09. The van der Waals surface area contributed by atoms with Crippen LogP contribution in [0.1, 0.15) is 37.4 Å². The van der Waals surface area contributed by atoms with Gasteiger partial charge in [0, 0.05) is 25.3 Å². The van der Waals surface area contributed by atoms with Crippen molar-refractivity contribution in [1.82, 2.24) is 14.6 Å². The molecule has 0 bridgehead atoms. The monoisotopic (exact) mass is 309 g/mol. The first-order chi connectivity index (χ1) is 10.1. The van der Waals surface area contributed by atoms with Gasteiger partial charge in [-0.05, 0) is 43.7 Å². The minimum absolute atomic E-state index is 0.0879. The van der Waals surface area contributed by atoms with E-state index in [9.17, 15) is 8.42 Å². The molecule has 6 heteroatoms. The molecule has 0 spiro atoms. The second-order valence-corrected chi connectivity index (χ2v) is 8.08. The number of hydrogen-bond acceptors (Lipinski definition) is 4. The fourth-order valence-corrected chi connectivity index (χ4v) is 4.40. The number of pyridine rings is 1. The summed E-state index contributed by atoms with van der Waals surface area (Å²) in [7, 11) is -3.09. The van der Waals surface area contributed by atoms with Crippen LogP contribution in [0.5, 0.6) is 0 Å². The van der Waals surface area contributed by atoms with Crippen molar-refractivity contribution in [3.8, 4) is 0 Å². The molecule has 2 fully saturated rings. The molecule has 1 N–H and O–H groups in total. The summed E-state index contributed by atoms with van der Waals surface area (Å²) in [5.41, 5.74) is 1.07. The van der Waals surface area contributed by atoms with E-state index in [-0.39, 0.29) is 12.1 Å². The molecule has 1 saturated heterocycles. The fraction of sp³-hybridized carbons (Fsp3) is 0.667. The SMILES string of the molecule is CS(=O)(=O)N1CCC[C@@H]1CNC(c1ccccn1)C1CC1. The van der Waals surface area contributed by atoms with Gasteiger partial charge in [-0.15, -0.1) is 0 Å². The first-order valence-corrected chi connectivity index (χ1v) is 9.51. The van der Waals surface area contributed by atoms with Crippen molar-refractivity contribution < 1.29 is 8.42 Å². The maximum absolute atomic E-state index is 11.8. The molecule has 5 nitrogen and oxygen atoms in total. The molecule has 3 rings (SSSR count). The van der Waals surface area contributed by atoms with Gasteiger partial charge in [-0.2, -0.15) is 4.31 Å². The summed E-state index contributed by atoms with van der Waals surface area (Å²) in [6.07, 6.45) is 7.49. The van der Waals surface area contributed by atoms with Crippen LogP contribution in [-0.4, -0.2) is 43.1 Å². The summed E-state index contributed by atoms with van der Waals surface area (Å²) < 4.78 is 25.2. The van der Waals surface area contributed by atoms with Gasteiger partial charge in [0.15, 0.2) is 0 Å². The van der Waals surface area contributed by atoms with Crippen LogP contribution in [0.15, 0.2) is 24.4 Å². The molecule has 1 unspecified atom stereocenters. The summed E-state index contributed by atoms with van der Waals surface area (Å²) in [6, 6.07) is 6.34. The van der Waals surface area contributed by atoms with Gasteiger partial charge in [-0.3, -0.25) is 4.98 Å². The van der Waals surface area contributed by atoms with E-state index in [2.05, 4.69) is 16.4 Å². The third-order valence-electron chi connectivity index (χ3n) is 4.42. The maximum Gasteiger partial charge on any atom is 0.211 e. The highest BCUT2D eigenvalue weighted by Gasteiger charge is 2.36. The van der Waals surface area contributed by atoms with Gasteiger partial charge in [0.1, 0.15) is 0 Å². The molecular weight excluding hydrogens is 286 g/mol. The third kappa shape index (κ3) is 3.62. The number of nitrogens with zero attached hydrogens (tertiary/aromatic N) is 2. The van der Waals surface area contributed by atoms with Crippen LogP contribution in [-0.2, 0) is 10.0 Å². The van der Waals surface area contributed by atoms with E-state index in [1.165, 1.54) is 19.1 Å². The van der Waals surface area contributed by atoms with Crippen molar-refractivity contribution in [1.29, 1.82) is 0 Å². The highest BCUT2D eigenvalue weighted by molar-refractivity contribution is 7.88. The van der Waals surface area contributed by atoms with Crippen LogP contribution in [0, 0.1) is 5.92 Å². The zero-order valence-electron chi connectivity index (χ0n) is 12.4. The Hall–Kier alpha value is -0.980. The maximum atomic E-state index is 11.8. The van der Waals surface area contributed by atoms with Gasteiger partial charge in [-0.1, -0.05) is 6.07 Å². The van der Waals surface area contributed by atoms with E-state index in [1.807, 2.05) is 18.3 Å². The summed E-state index contributed by atoms with van der Waals surface area (Å²) in [4.78, 5) is 4.46. The predicted molar refractivity (Wildman–Crippen MR) is 82.3 cm³/mol. The summed E-state index contributed by atoms with van der Waals surface area (Å²) in [6.45, 7) is 1.37. The number of sulfonamides is 1. The molecule has 1 aliphatic carbocycles. The molecule has 2 heterocycles. The fourth-order valence-electron chi connectivity index (χ4n) is 3.22. The molecule has 2 atom stereocenters. The lowest BCUT2D eigenvalue weighted by Crippen LogP contribution is -2.42. The van der Waals surface area contributed by atoms with Crippen molar-refractivity contribution >= 4 is 10.0 Å². The predicted octanol–water partition coefficient (Wildman–Crippen LogP) is 1.55. The van der Waals surface area contributed by atoms with Gasteiger partial charge in [-0.25, -0.2) is 8.42 Å². The first-order valence-electron chi connectivity index (χ1n) is 7.67. The van der Waals surface area contributed by atoms with Gasteiger partial charge >= 0.3 is 0 Å². The topological polar surface area (TPSA) is 62.3 Å². The van der Waals surface area contributed by atoms with Crippen molar-refractivity contribution in [2.24, 2.45) is 5.92 Å². The lowest BCUT2D eigenvalue weighted by molar-refractivity contribution is 0.348. The zero-order chi connectivity index (χ0) is 14.9. The van der Waals surface area contributed by atoms with Crippen LogP contribution < -0.4 is 5.32 Å². The van der Waals surface area contributed by atoms with Gasteiger partial charge in [0.25, 0.3) is 0 Å².